The summed E-state index contributed by atoms with van der Waals surface area (Å²) in [5.41, 5.74) is 0.854. The Hall–Kier alpha value is -1.67. The molecule has 0 aliphatic carbocycles. The number of hydrogen-bond donors (Lipinski definition) is 0. The van der Waals surface area contributed by atoms with E-state index in [1.165, 1.54) is 10.4 Å². The van der Waals surface area contributed by atoms with Gasteiger partial charge in [0.2, 0.25) is 5.88 Å². The molecule has 3 aromatic rings. The predicted molar refractivity (Wildman–Crippen MR) is 94.2 cm³/mol. The van der Waals surface area contributed by atoms with Gasteiger partial charge in [0, 0.05) is 11.5 Å². The van der Waals surface area contributed by atoms with Gasteiger partial charge in [-0.2, -0.15) is 4.31 Å². The molecule has 1 saturated heterocycles. The van der Waals surface area contributed by atoms with Gasteiger partial charge in [0.1, 0.15) is 10.3 Å². The largest absolute Gasteiger partial charge is 0.472 e. The maximum absolute atomic E-state index is 12.4. The van der Waals surface area contributed by atoms with Crippen molar-refractivity contribution in [3.63, 3.8) is 0 Å². The first kappa shape index (κ1) is 15.8. The van der Waals surface area contributed by atoms with Gasteiger partial charge in [0.05, 0.1) is 22.9 Å². The molecule has 1 aliphatic rings. The summed E-state index contributed by atoms with van der Waals surface area (Å²) in [6, 6.07) is 14.6. The van der Waals surface area contributed by atoms with E-state index in [9.17, 15) is 8.42 Å². The summed E-state index contributed by atoms with van der Waals surface area (Å²) in [4.78, 5) is 4.44. The molecule has 1 aromatic carbocycles. The van der Waals surface area contributed by atoms with Gasteiger partial charge in [0.25, 0.3) is 10.0 Å². The zero-order valence-corrected chi connectivity index (χ0v) is 14.8. The lowest BCUT2D eigenvalue weighted by Crippen LogP contribution is -2.55. The molecule has 2 aromatic heterocycles. The van der Waals surface area contributed by atoms with Crippen molar-refractivity contribution in [2.45, 2.75) is 10.3 Å². The maximum Gasteiger partial charge on any atom is 0.252 e. The molecular formula is C16H13ClN2O3S2. The van der Waals surface area contributed by atoms with E-state index in [4.69, 9.17) is 16.3 Å². The van der Waals surface area contributed by atoms with E-state index in [1.807, 2.05) is 30.3 Å². The number of halogens is 1. The summed E-state index contributed by atoms with van der Waals surface area (Å²) in [6.07, 6.45) is -0.191. The Kier molecular flexibility index (Phi) is 3.96. The fourth-order valence-corrected chi connectivity index (χ4v) is 5.66. The summed E-state index contributed by atoms with van der Waals surface area (Å²) in [7, 11) is -3.47. The van der Waals surface area contributed by atoms with E-state index < -0.39 is 10.0 Å². The second kappa shape index (κ2) is 6.00. The monoisotopic (exact) mass is 380 g/mol. The van der Waals surface area contributed by atoms with Crippen LogP contribution in [0.15, 0.2) is 52.7 Å². The van der Waals surface area contributed by atoms with Gasteiger partial charge in [-0.25, -0.2) is 13.4 Å². The summed E-state index contributed by atoms with van der Waals surface area (Å²) in [5, 5.41) is 1.04. The third-order valence-electron chi connectivity index (χ3n) is 3.82. The number of hydrogen-bond acceptors (Lipinski definition) is 5. The Morgan fingerprint density at radius 1 is 1.12 bits per heavy atom. The SMILES string of the molecule is O=S(=O)(c1ccc(Cl)s1)N1CC(Oc2ccc3ccccc3n2)C1. The number of aromatic nitrogens is 1. The summed E-state index contributed by atoms with van der Waals surface area (Å²) >= 11 is 6.88. The minimum absolute atomic E-state index is 0.191. The predicted octanol–water partition coefficient (Wildman–Crippen LogP) is 3.40. The molecule has 3 heterocycles. The van der Waals surface area contributed by atoms with Gasteiger partial charge in [-0.15, -0.1) is 11.3 Å². The van der Waals surface area contributed by atoms with Crippen LogP contribution in [0.2, 0.25) is 4.34 Å². The Bertz CT molecular complexity index is 997. The third kappa shape index (κ3) is 2.88. The van der Waals surface area contributed by atoms with Crippen molar-refractivity contribution in [1.82, 2.24) is 9.29 Å². The zero-order chi connectivity index (χ0) is 16.7. The molecule has 0 bridgehead atoms. The molecule has 24 heavy (non-hydrogen) atoms. The quantitative estimate of drug-likeness (QED) is 0.696. The van der Waals surface area contributed by atoms with E-state index in [-0.39, 0.29) is 10.3 Å². The number of ether oxygens (including phenoxy) is 1. The van der Waals surface area contributed by atoms with Crippen LogP contribution in [-0.4, -0.2) is 36.9 Å². The first-order valence-electron chi connectivity index (χ1n) is 7.30. The van der Waals surface area contributed by atoms with Crippen LogP contribution in [0.4, 0.5) is 0 Å². The molecule has 8 heteroatoms. The Labute approximate surface area is 148 Å². The Morgan fingerprint density at radius 3 is 2.67 bits per heavy atom. The Morgan fingerprint density at radius 2 is 1.92 bits per heavy atom. The highest BCUT2D eigenvalue weighted by molar-refractivity contribution is 7.91. The van der Waals surface area contributed by atoms with E-state index in [0.29, 0.717) is 23.3 Å². The van der Waals surface area contributed by atoms with E-state index in [0.717, 1.165) is 22.2 Å². The smallest absolute Gasteiger partial charge is 0.252 e. The second-order valence-corrected chi connectivity index (χ2v) is 9.34. The average Bonchev–Trinajstić information content (AvgIpc) is 2.97. The van der Waals surface area contributed by atoms with Crippen molar-refractivity contribution < 1.29 is 13.2 Å². The standard InChI is InChI=1S/C16H13ClN2O3S2/c17-14-6-8-16(23-14)24(20,21)19-9-12(10-19)22-15-7-5-11-3-1-2-4-13(11)18-15/h1-8,12H,9-10H2. The number of fused-ring (bicyclic) bond motifs is 1. The van der Waals surface area contributed by atoms with E-state index in [1.54, 1.807) is 12.1 Å². The molecular weight excluding hydrogens is 368 g/mol. The molecule has 0 amide bonds. The average molecular weight is 381 g/mol. The number of para-hydroxylation sites is 1. The van der Waals surface area contributed by atoms with E-state index in [2.05, 4.69) is 4.98 Å². The molecule has 0 atom stereocenters. The molecule has 0 spiro atoms. The number of benzene rings is 1. The lowest BCUT2D eigenvalue weighted by molar-refractivity contribution is 0.0725. The summed E-state index contributed by atoms with van der Waals surface area (Å²) in [6.45, 7) is 0.624. The van der Waals surface area contributed by atoms with Gasteiger partial charge in [-0.05, 0) is 24.3 Å². The summed E-state index contributed by atoms with van der Waals surface area (Å²) in [5.74, 6) is 0.509. The number of thiophene rings is 1. The van der Waals surface area contributed by atoms with Gasteiger partial charge >= 0.3 is 0 Å². The van der Waals surface area contributed by atoms with Crippen LogP contribution < -0.4 is 4.74 Å². The van der Waals surface area contributed by atoms with Crippen LogP contribution in [-0.2, 0) is 10.0 Å². The molecule has 5 nitrogen and oxygen atoms in total. The van der Waals surface area contributed by atoms with Crippen molar-refractivity contribution in [1.29, 1.82) is 0 Å². The molecule has 0 saturated carbocycles. The minimum atomic E-state index is -3.47. The fraction of sp³-hybridized carbons (Fsp3) is 0.188. The Balaban J connectivity index is 1.43. The minimum Gasteiger partial charge on any atom is -0.472 e. The topological polar surface area (TPSA) is 59.5 Å². The van der Waals surface area contributed by atoms with Crippen molar-refractivity contribution >= 4 is 43.9 Å². The molecule has 1 aliphatic heterocycles. The van der Waals surface area contributed by atoms with Crippen LogP contribution in [0.1, 0.15) is 0 Å². The number of pyridine rings is 1. The van der Waals surface area contributed by atoms with Crippen LogP contribution in [0.5, 0.6) is 5.88 Å². The molecule has 0 unspecified atom stereocenters. The first-order chi connectivity index (χ1) is 11.5. The summed E-state index contributed by atoms with van der Waals surface area (Å²) < 4.78 is 32.7. The highest BCUT2D eigenvalue weighted by Gasteiger charge is 2.39. The normalized spacial score (nSPS) is 16.2. The fourth-order valence-electron chi connectivity index (χ4n) is 2.52. The van der Waals surface area contributed by atoms with Gasteiger partial charge in [0.15, 0.2) is 0 Å². The highest BCUT2D eigenvalue weighted by Crippen LogP contribution is 2.31. The van der Waals surface area contributed by atoms with Crippen molar-refractivity contribution in [2.24, 2.45) is 0 Å². The maximum atomic E-state index is 12.4. The van der Waals surface area contributed by atoms with Gasteiger partial charge in [-0.3, -0.25) is 0 Å². The van der Waals surface area contributed by atoms with Gasteiger partial charge in [-0.1, -0.05) is 29.8 Å². The van der Waals surface area contributed by atoms with Crippen molar-refractivity contribution in [2.75, 3.05) is 13.1 Å². The van der Waals surface area contributed by atoms with Crippen LogP contribution in [0.25, 0.3) is 10.9 Å². The lowest BCUT2D eigenvalue weighted by atomic mass is 10.2. The van der Waals surface area contributed by atoms with Crippen LogP contribution >= 0.6 is 22.9 Å². The molecule has 0 N–H and O–H groups in total. The van der Waals surface area contributed by atoms with Gasteiger partial charge < -0.3 is 4.74 Å². The number of rotatable bonds is 4. The van der Waals surface area contributed by atoms with Crippen molar-refractivity contribution in [3.05, 3.63) is 52.9 Å². The van der Waals surface area contributed by atoms with Crippen LogP contribution in [0, 0.1) is 0 Å². The zero-order valence-electron chi connectivity index (χ0n) is 12.4. The molecule has 0 radical (unpaired) electrons. The number of sulfonamides is 1. The second-order valence-electron chi connectivity index (χ2n) is 5.46. The lowest BCUT2D eigenvalue weighted by Gasteiger charge is -2.37. The van der Waals surface area contributed by atoms with E-state index >= 15 is 0 Å². The van der Waals surface area contributed by atoms with Crippen molar-refractivity contribution in [3.8, 4) is 5.88 Å². The highest BCUT2D eigenvalue weighted by atomic mass is 35.5. The third-order valence-corrected chi connectivity index (χ3v) is 7.35. The first-order valence-corrected chi connectivity index (χ1v) is 9.94. The molecule has 124 valence electrons. The number of nitrogens with zero attached hydrogens (tertiary/aromatic N) is 2. The molecule has 4 rings (SSSR count). The van der Waals surface area contributed by atoms with Crippen LogP contribution in [0.3, 0.4) is 0 Å². The molecule has 1 fully saturated rings.